The Kier molecular flexibility index (Phi) is 1.97. The van der Waals surface area contributed by atoms with Gasteiger partial charge < -0.3 is 4.98 Å². The van der Waals surface area contributed by atoms with E-state index in [2.05, 4.69) is 24.5 Å². The van der Waals surface area contributed by atoms with Crippen LogP contribution in [0.1, 0.15) is 11.4 Å². The summed E-state index contributed by atoms with van der Waals surface area (Å²) in [6, 6.07) is 3.94. The van der Waals surface area contributed by atoms with Crippen molar-refractivity contribution in [3.05, 3.63) is 23.5 Å². The van der Waals surface area contributed by atoms with Gasteiger partial charge in [0, 0.05) is 5.69 Å². The van der Waals surface area contributed by atoms with Crippen LogP contribution < -0.4 is 0 Å². The lowest BCUT2D eigenvalue weighted by Crippen LogP contribution is -1.81. The second kappa shape index (κ2) is 3.34. The number of H-pyrrole nitrogens is 1. The predicted octanol–water partition coefficient (Wildman–Crippen LogP) is 2.09. The highest BCUT2D eigenvalue weighted by Crippen LogP contribution is 2.24. The lowest BCUT2D eigenvalue weighted by atomic mass is 10.3. The first kappa shape index (κ1) is 9.41. The largest absolute Gasteiger partial charge is 0.336 e. The molecule has 0 atom stereocenters. The average molecular weight is 231 g/mol. The Bertz CT molecular complexity index is 654. The van der Waals surface area contributed by atoms with Crippen molar-refractivity contribution in [2.75, 3.05) is 0 Å². The lowest BCUT2D eigenvalue weighted by molar-refractivity contribution is 1.09. The Morgan fingerprint density at radius 1 is 1.19 bits per heavy atom. The van der Waals surface area contributed by atoms with Crippen LogP contribution >= 0.6 is 11.5 Å². The minimum absolute atomic E-state index is 0.739. The van der Waals surface area contributed by atoms with Gasteiger partial charge in [-0.15, -0.1) is 5.10 Å². The van der Waals surface area contributed by atoms with Crippen LogP contribution in [0, 0.1) is 13.8 Å². The Balaban J connectivity index is 2.23. The zero-order valence-electron chi connectivity index (χ0n) is 8.85. The van der Waals surface area contributed by atoms with Gasteiger partial charge in [0.25, 0.3) is 0 Å². The summed E-state index contributed by atoms with van der Waals surface area (Å²) in [7, 11) is 0. The first-order valence-electron chi connectivity index (χ1n) is 4.87. The number of rotatable bonds is 1. The van der Waals surface area contributed by atoms with E-state index in [0.717, 1.165) is 33.3 Å². The molecular weight excluding hydrogens is 222 g/mol. The minimum atomic E-state index is 0.739. The van der Waals surface area contributed by atoms with Crippen LogP contribution in [-0.2, 0) is 0 Å². The van der Waals surface area contributed by atoms with E-state index in [1.54, 1.807) is 0 Å². The molecule has 3 heterocycles. The van der Waals surface area contributed by atoms with Crippen molar-refractivity contribution in [2.45, 2.75) is 13.8 Å². The van der Waals surface area contributed by atoms with Gasteiger partial charge in [-0.25, -0.2) is 9.97 Å². The maximum absolute atomic E-state index is 4.44. The zero-order valence-corrected chi connectivity index (χ0v) is 9.67. The van der Waals surface area contributed by atoms with E-state index in [4.69, 9.17) is 0 Å². The van der Waals surface area contributed by atoms with Crippen molar-refractivity contribution in [3.63, 3.8) is 0 Å². The van der Waals surface area contributed by atoms with Gasteiger partial charge in [0.05, 0.1) is 11.2 Å². The van der Waals surface area contributed by atoms with Crippen molar-refractivity contribution in [2.24, 2.45) is 0 Å². The topological polar surface area (TPSA) is 67.3 Å². The third-order valence-corrected chi connectivity index (χ3v) is 3.19. The van der Waals surface area contributed by atoms with E-state index in [9.17, 15) is 0 Å². The number of nitrogens with one attached hydrogen (secondary N) is 1. The summed E-state index contributed by atoms with van der Waals surface area (Å²) >= 11 is 1.34. The second-order valence-electron chi connectivity index (χ2n) is 3.60. The molecule has 0 bridgehead atoms. The maximum Gasteiger partial charge on any atom is 0.178 e. The lowest BCUT2D eigenvalue weighted by Gasteiger charge is -1.88. The molecule has 3 aromatic heterocycles. The highest BCUT2D eigenvalue weighted by molar-refractivity contribution is 7.09. The summed E-state index contributed by atoms with van der Waals surface area (Å²) in [6.45, 7) is 3.87. The third-order valence-electron chi connectivity index (χ3n) is 2.35. The fraction of sp³-hybridized carbons (Fsp3) is 0.200. The molecule has 0 saturated carbocycles. The fourth-order valence-corrected chi connectivity index (χ4v) is 2.14. The molecule has 0 aromatic carbocycles. The van der Waals surface area contributed by atoms with Gasteiger partial charge in [-0.2, -0.15) is 0 Å². The molecule has 0 unspecified atom stereocenters. The molecule has 0 fully saturated rings. The number of hydrogen-bond donors (Lipinski definition) is 1. The molecule has 16 heavy (non-hydrogen) atoms. The van der Waals surface area contributed by atoms with Crippen LogP contribution in [0.4, 0.5) is 0 Å². The standard InChI is InChI=1S/C10H9N5S/c1-5-3-4-7-9(11-5)13-10(12-7)8-6(2)14-15-16-8/h3-4H,1-2H3,(H,11,12,13). The molecule has 0 saturated heterocycles. The number of fused-ring (bicyclic) bond motifs is 1. The molecular formula is C10H9N5S. The number of aromatic nitrogens is 5. The molecule has 0 radical (unpaired) electrons. The Morgan fingerprint density at radius 3 is 2.81 bits per heavy atom. The Morgan fingerprint density at radius 2 is 2.06 bits per heavy atom. The summed E-state index contributed by atoms with van der Waals surface area (Å²) in [5.74, 6) is 0.792. The minimum Gasteiger partial charge on any atom is -0.336 e. The number of hydrogen-bond acceptors (Lipinski definition) is 5. The SMILES string of the molecule is Cc1ccc2[nH]c(-c3snnc3C)nc2n1. The average Bonchev–Trinajstić information content (AvgIpc) is 2.82. The van der Waals surface area contributed by atoms with Crippen molar-refractivity contribution in [1.29, 1.82) is 0 Å². The Hall–Kier alpha value is -1.82. The predicted molar refractivity (Wildman–Crippen MR) is 62.3 cm³/mol. The van der Waals surface area contributed by atoms with E-state index >= 15 is 0 Å². The van der Waals surface area contributed by atoms with Crippen molar-refractivity contribution in [1.82, 2.24) is 24.5 Å². The molecule has 1 N–H and O–H groups in total. The maximum atomic E-state index is 4.44. The van der Waals surface area contributed by atoms with Gasteiger partial charge in [0.1, 0.15) is 4.88 Å². The quantitative estimate of drug-likeness (QED) is 0.696. The van der Waals surface area contributed by atoms with Gasteiger partial charge in [-0.1, -0.05) is 4.49 Å². The molecule has 0 amide bonds. The molecule has 0 aliphatic carbocycles. The summed E-state index contributed by atoms with van der Waals surface area (Å²) in [5.41, 5.74) is 3.53. The van der Waals surface area contributed by atoms with Gasteiger partial charge in [0.15, 0.2) is 11.5 Å². The number of nitrogens with zero attached hydrogens (tertiary/aromatic N) is 4. The van der Waals surface area contributed by atoms with E-state index in [1.165, 1.54) is 11.5 Å². The van der Waals surface area contributed by atoms with Crippen LogP contribution in [0.15, 0.2) is 12.1 Å². The van der Waals surface area contributed by atoms with Gasteiger partial charge >= 0.3 is 0 Å². The van der Waals surface area contributed by atoms with Crippen LogP contribution in [0.25, 0.3) is 21.9 Å². The van der Waals surface area contributed by atoms with Crippen LogP contribution in [0.3, 0.4) is 0 Å². The number of pyridine rings is 1. The molecule has 80 valence electrons. The van der Waals surface area contributed by atoms with Gasteiger partial charge in [0.2, 0.25) is 0 Å². The van der Waals surface area contributed by atoms with Gasteiger partial charge in [-0.05, 0) is 37.5 Å². The molecule has 0 spiro atoms. The first-order valence-corrected chi connectivity index (χ1v) is 5.64. The Labute approximate surface area is 95.7 Å². The summed E-state index contributed by atoms with van der Waals surface area (Å²) < 4.78 is 3.90. The summed E-state index contributed by atoms with van der Waals surface area (Å²) in [5, 5.41) is 3.97. The van der Waals surface area contributed by atoms with E-state index in [1.807, 2.05) is 26.0 Å². The van der Waals surface area contributed by atoms with Crippen LogP contribution in [0.5, 0.6) is 0 Å². The number of imidazole rings is 1. The highest BCUT2D eigenvalue weighted by atomic mass is 32.1. The number of aryl methyl sites for hydroxylation is 2. The normalized spacial score (nSPS) is 11.1. The second-order valence-corrected chi connectivity index (χ2v) is 4.35. The van der Waals surface area contributed by atoms with Crippen LogP contribution in [-0.4, -0.2) is 24.5 Å². The third kappa shape index (κ3) is 1.38. The van der Waals surface area contributed by atoms with E-state index in [-0.39, 0.29) is 0 Å². The molecule has 3 aromatic rings. The molecule has 3 rings (SSSR count). The van der Waals surface area contributed by atoms with Crippen molar-refractivity contribution < 1.29 is 0 Å². The molecule has 5 nitrogen and oxygen atoms in total. The van der Waals surface area contributed by atoms with Crippen LogP contribution in [0.2, 0.25) is 0 Å². The summed E-state index contributed by atoms with van der Waals surface area (Å²) in [6.07, 6.45) is 0. The zero-order chi connectivity index (χ0) is 11.1. The van der Waals surface area contributed by atoms with E-state index in [0.29, 0.717) is 0 Å². The summed E-state index contributed by atoms with van der Waals surface area (Å²) in [4.78, 5) is 13.0. The highest BCUT2D eigenvalue weighted by Gasteiger charge is 2.11. The van der Waals surface area contributed by atoms with Crippen molar-refractivity contribution >= 4 is 22.7 Å². The monoisotopic (exact) mass is 231 g/mol. The molecule has 0 aliphatic heterocycles. The first-order chi connectivity index (χ1) is 7.74. The smallest absolute Gasteiger partial charge is 0.178 e. The van der Waals surface area contributed by atoms with E-state index < -0.39 is 0 Å². The molecule has 0 aliphatic rings. The van der Waals surface area contributed by atoms with Gasteiger partial charge in [-0.3, -0.25) is 0 Å². The fourth-order valence-electron chi connectivity index (χ4n) is 1.54. The van der Waals surface area contributed by atoms with Crippen molar-refractivity contribution in [3.8, 4) is 10.7 Å². The number of aromatic amines is 1. The molecule has 6 heteroatoms.